The smallest absolute Gasteiger partial charge is 0.261 e. The summed E-state index contributed by atoms with van der Waals surface area (Å²) < 4.78 is 5.71. The first-order chi connectivity index (χ1) is 11.6. The van der Waals surface area contributed by atoms with E-state index in [1.165, 1.54) is 11.3 Å². The van der Waals surface area contributed by atoms with Crippen LogP contribution in [0.25, 0.3) is 0 Å². The van der Waals surface area contributed by atoms with Gasteiger partial charge in [-0.2, -0.15) is 0 Å². The number of nitrogens with one attached hydrogen (secondary N) is 1. The number of hydrogen-bond donors (Lipinski definition) is 1. The highest BCUT2D eigenvalue weighted by atomic mass is 35.5. The highest BCUT2D eigenvalue weighted by molar-refractivity contribution is 7.12. The van der Waals surface area contributed by atoms with Gasteiger partial charge in [0, 0.05) is 16.6 Å². The number of nitrogens with zero attached hydrogens (tertiary/aromatic N) is 1. The Morgan fingerprint density at radius 3 is 2.92 bits per heavy atom. The summed E-state index contributed by atoms with van der Waals surface area (Å²) in [4.78, 5) is 15.4. The molecule has 0 spiro atoms. The highest BCUT2D eigenvalue weighted by Crippen LogP contribution is 2.21. The molecule has 0 atom stereocenters. The van der Waals surface area contributed by atoms with E-state index >= 15 is 0 Å². The quantitative estimate of drug-likeness (QED) is 0.877. The van der Waals surface area contributed by atoms with Gasteiger partial charge in [-0.1, -0.05) is 17.7 Å². The lowest BCUT2D eigenvalue weighted by molar-refractivity contribution is 0.0921. The summed E-state index contributed by atoms with van der Waals surface area (Å²) in [5, 5.41) is 5.75. The molecule has 4 nitrogen and oxygen atoms in total. The van der Waals surface area contributed by atoms with Crippen LogP contribution in [0, 0.1) is 0 Å². The van der Waals surface area contributed by atoms with Crippen LogP contribution in [0.2, 0.25) is 5.02 Å². The molecular formula is C18H21ClN2O2S. The van der Waals surface area contributed by atoms with E-state index in [1.54, 1.807) is 6.07 Å². The number of benzene rings is 1. The molecule has 1 aromatic carbocycles. The molecule has 2 aromatic rings. The molecule has 2 heterocycles. The fourth-order valence-corrected chi connectivity index (χ4v) is 3.68. The molecule has 0 bridgehead atoms. The van der Waals surface area contributed by atoms with E-state index in [1.807, 2.05) is 29.6 Å². The number of carbonyl (C=O) groups excluding carboxylic acids is 1. The van der Waals surface area contributed by atoms with Crippen LogP contribution in [-0.4, -0.2) is 37.0 Å². The maximum absolute atomic E-state index is 12.4. The van der Waals surface area contributed by atoms with Crippen LogP contribution >= 0.6 is 22.9 Å². The van der Waals surface area contributed by atoms with Gasteiger partial charge in [-0.15, -0.1) is 11.3 Å². The molecule has 0 aliphatic carbocycles. The number of ether oxygens (including phenoxy) is 1. The fourth-order valence-electron chi connectivity index (χ4n) is 2.70. The molecule has 24 heavy (non-hydrogen) atoms. The number of carbonyl (C=O) groups is 1. The van der Waals surface area contributed by atoms with Gasteiger partial charge in [0.25, 0.3) is 5.91 Å². The van der Waals surface area contributed by atoms with Gasteiger partial charge in [0.1, 0.15) is 12.4 Å². The second-order valence-corrected chi connectivity index (χ2v) is 7.46. The van der Waals surface area contributed by atoms with Gasteiger partial charge in [-0.05, 0) is 62.6 Å². The fraction of sp³-hybridized carbons (Fsp3) is 0.389. The predicted molar refractivity (Wildman–Crippen MR) is 98.1 cm³/mol. The zero-order valence-electron chi connectivity index (χ0n) is 13.6. The van der Waals surface area contributed by atoms with Gasteiger partial charge in [0.05, 0.1) is 4.88 Å². The third-order valence-electron chi connectivity index (χ3n) is 4.13. The second kappa shape index (κ2) is 8.01. The van der Waals surface area contributed by atoms with Crippen molar-refractivity contribution >= 4 is 28.8 Å². The monoisotopic (exact) mass is 364 g/mol. The summed E-state index contributed by atoms with van der Waals surface area (Å²) in [5.74, 6) is 0.745. The maximum Gasteiger partial charge on any atom is 0.261 e. The SMILES string of the molecule is CN1CCC(NC(=O)c2cc(COc3cccc(Cl)c3)cs2)CC1. The van der Waals surface area contributed by atoms with E-state index < -0.39 is 0 Å². The summed E-state index contributed by atoms with van der Waals surface area (Å²) in [5.41, 5.74) is 0.994. The highest BCUT2D eigenvalue weighted by Gasteiger charge is 2.19. The first-order valence-corrected chi connectivity index (χ1v) is 9.31. The Labute approximate surface area is 151 Å². The van der Waals surface area contributed by atoms with Gasteiger partial charge in [0.15, 0.2) is 0 Å². The average molecular weight is 365 g/mol. The summed E-state index contributed by atoms with van der Waals surface area (Å²) in [7, 11) is 2.11. The van der Waals surface area contributed by atoms with Crippen molar-refractivity contribution in [3.63, 3.8) is 0 Å². The number of halogens is 1. The maximum atomic E-state index is 12.4. The number of rotatable bonds is 5. The normalized spacial score (nSPS) is 16.1. The third kappa shape index (κ3) is 4.72. The Bertz CT molecular complexity index is 696. The third-order valence-corrected chi connectivity index (χ3v) is 5.35. The van der Waals surface area contributed by atoms with Crippen LogP contribution in [0.15, 0.2) is 35.7 Å². The van der Waals surface area contributed by atoms with Crippen LogP contribution in [0.3, 0.4) is 0 Å². The Kier molecular flexibility index (Phi) is 5.76. The van der Waals surface area contributed by atoms with Crippen LogP contribution in [0.5, 0.6) is 5.75 Å². The minimum absolute atomic E-state index is 0.0172. The molecule has 1 aliphatic heterocycles. The molecule has 1 aliphatic rings. The molecule has 1 N–H and O–H groups in total. The van der Waals surface area contributed by atoms with Gasteiger partial charge < -0.3 is 15.0 Å². The van der Waals surface area contributed by atoms with Crippen LogP contribution in [0.4, 0.5) is 0 Å². The predicted octanol–water partition coefficient (Wildman–Crippen LogP) is 3.80. The molecule has 0 saturated carbocycles. The van der Waals surface area contributed by atoms with E-state index in [2.05, 4.69) is 17.3 Å². The number of piperidine rings is 1. The molecule has 0 unspecified atom stereocenters. The summed E-state index contributed by atoms with van der Waals surface area (Å²) in [6, 6.07) is 9.49. The van der Waals surface area contributed by atoms with Crippen molar-refractivity contribution in [1.82, 2.24) is 10.2 Å². The molecular weight excluding hydrogens is 344 g/mol. The van der Waals surface area contributed by atoms with Crippen molar-refractivity contribution in [1.29, 1.82) is 0 Å². The van der Waals surface area contributed by atoms with Crippen molar-refractivity contribution in [3.05, 3.63) is 51.2 Å². The largest absolute Gasteiger partial charge is 0.489 e. The van der Waals surface area contributed by atoms with Crippen molar-refractivity contribution in [2.75, 3.05) is 20.1 Å². The molecule has 1 aromatic heterocycles. The van der Waals surface area contributed by atoms with E-state index in [0.717, 1.165) is 42.1 Å². The molecule has 1 fully saturated rings. The topological polar surface area (TPSA) is 41.6 Å². The minimum Gasteiger partial charge on any atom is -0.489 e. The first kappa shape index (κ1) is 17.3. The average Bonchev–Trinajstić information content (AvgIpc) is 3.04. The van der Waals surface area contributed by atoms with Gasteiger partial charge in [-0.25, -0.2) is 0 Å². The molecule has 128 valence electrons. The molecule has 1 amide bonds. The molecule has 3 rings (SSSR count). The summed E-state index contributed by atoms with van der Waals surface area (Å²) >= 11 is 7.40. The van der Waals surface area contributed by atoms with Crippen molar-refractivity contribution < 1.29 is 9.53 Å². The molecule has 6 heteroatoms. The lowest BCUT2D eigenvalue weighted by Gasteiger charge is -2.29. The number of hydrogen-bond acceptors (Lipinski definition) is 4. The zero-order valence-corrected chi connectivity index (χ0v) is 15.2. The molecule has 1 saturated heterocycles. The van der Waals surface area contributed by atoms with Crippen molar-refractivity contribution in [2.24, 2.45) is 0 Å². The standard InChI is InChI=1S/C18H21ClN2O2S/c1-21-7-5-15(6-8-21)20-18(22)17-9-13(12-24-17)11-23-16-4-2-3-14(19)10-16/h2-4,9-10,12,15H,5-8,11H2,1H3,(H,20,22). The Hall–Kier alpha value is -1.56. The molecule has 0 radical (unpaired) electrons. The van der Waals surface area contributed by atoms with Crippen LogP contribution < -0.4 is 10.1 Å². The van der Waals surface area contributed by atoms with E-state index in [0.29, 0.717) is 11.6 Å². The number of likely N-dealkylation sites (tertiary alicyclic amines) is 1. The summed E-state index contributed by atoms with van der Waals surface area (Å²) in [6.45, 7) is 2.50. The van der Waals surface area contributed by atoms with E-state index in [-0.39, 0.29) is 11.9 Å². The van der Waals surface area contributed by atoms with Crippen molar-refractivity contribution in [2.45, 2.75) is 25.5 Å². The zero-order chi connectivity index (χ0) is 16.9. The van der Waals surface area contributed by atoms with Gasteiger partial charge in [-0.3, -0.25) is 4.79 Å². The minimum atomic E-state index is 0.0172. The van der Waals surface area contributed by atoms with Crippen LogP contribution in [-0.2, 0) is 6.61 Å². The Morgan fingerprint density at radius 1 is 1.38 bits per heavy atom. The Morgan fingerprint density at radius 2 is 2.17 bits per heavy atom. The Balaban J connectivity index is 1.52. The lowest BCUT2D eigenvalue weighted by Crippen LogP contribution is -2.43. The first-order valence-electron chi connectivity index (χ1n) is 8.05. The number of amides is 1. The number of thiophene rings is 1. The van der Waals surface area contributed by atoms with E-state index in [4.69, 9.17) is 16.3 Å². The second-order valence-electron chi connectivity index (χ2n) is 6.12. The van der Waals surface area contributed by atoms with Crippen molar-refractivity contribution in [3.8, 4) is 5.75 Å². The van der Waals surface area contributed by atoms with Gasteiger partial charge >= 0.3 is 0 Å². The van der Waals surface area contributed by atoms with E-state index in [9.17, 15) is 4.79 Å². The van der Waals surface area contributed by atoms with Crippen LogP contribution in [0.1, 0.15) is 28.1 Å². The summed E-state index contributed by atoms with van der Waals surface area (Å²) in [6.07, 6.45) is 2.02. The van der Waals surface area contributed by atoms with Gasteiger partial charge in [0.2, 0.25) is 0 Å². The lowest BCUT2D eigenvalue weighted by atomic mass is 10.1.